The maximum absolute atomic E-state index is 12.6. The monoisotopic (exact) mass is 428 g/mol. The summed E-state index contributed by atoms with van der Waals surface area (Å²) in [5.74, 6) is -0.947. The molecule has 0 saturated carbocycles. The molecule has 2 N–H and O–H groups in total. The maximum Gasteiger partial charge on any atom is 0.254 e. The number of anilines is 1. The van der Waals surface area contributed by atoms with Crippen LogP contribution >= 0.6 is 11.8 Å². The van der Waals surface area contributed by atoms with Crippen molar-refractivity contribution < 1.29 is 19.5 Å². The van der Waals surface area contributed by atoms with Crippen LogP contribution in [-0.2, 0) is 20.8 Å². The number of phenolic OH excluding ortho intramolecular Hbond substituents is 1. The Balaban J connectivity index is 1.50. The molecule has 1 aromatic carbocycles. The Hall–Kier alpha value is -2.94. The van der Waals surface area contributed by atoms with Crippen LogP contribution in [0.2, 0.25) is 0 Å². The molecule has 0 atom stereocenters. The number of imide groups is 1. The van der Waals surface area contributed by atoms with Gasteiger partial charge in [0.25, 0.3) is 11.8 Å². The molecule has 1 fully saturated rings. The number of benzene rings is 1. The van der Waals surface area contributed by atoms with E-state index in [1.165, 1.54) is 17.7 Å². The first-order valence-electron chi connectivity index (χ1n) is 9.91. The summed E-state index contributed by atoms with van der Waals surface area (Å²) in [4.78, 5) is 44.1. The summed E-state index contributed by atoms with van der Waals surface area (Å²) >= 11 is 1.65. The molecule has 0 radical (unpaired) electrons. The molecule has 9 heteroatoms. The molecule has 1 aromatic heterocycles. The third-order valence-corrected chi connectivity index (χ3v) is 6.45. The summed E-state index contributed by atoms with van der Waals surface area (Å²) < 4.78 is 0. The normalized spacial score (nSPS) is 16.9. The second-order valence-electron chi connectivity index (χ2n) is 7.31. The summed E-state index contributed by atoms with van der Waals surface area (Å²) in [6, 6.07) is 3.67. The van der Waals surface area contributed by atoms with E-state index in [1.54, 1.807) is 22.7 Å². The fraction of sp³-hybridized carbons (Fsp3) is 0.381. The van der Waals surface area contributed by atoms with Gasteiger partial charge >= 0.3 is 0 Å². The fourth-order valence-corrected chi connectivity index (χ4v) is 4.82. The number of hydrogen-bond donors (Lipinski definition) is 2. The minimum absolute atomic E-state index is 0.207. The van der Waals surface area contributed by atoms with Crippen molar-refractivity contribution in [1.29, 1.82) is 0 Å². The predicted octanol–water partition coefficient (Wildman–Crippen LogP) is 1.73. The highest BCUT2D eigenvalue weighted by Gasteiger charge is 2.30. The Morgan fingerprint density at radius 1 is 1.13 bits per heavy atom. The van der Waals surface area contributed by atoms with Gasteiger partial charge in [-0.1, -0.05) is 6.92 Å². The predicted molar refractivity (Wildman–Crippen MR) is 116 cm³/mol. The number of amides is 3. The van der Waals surface area contributed by atoms with Crippen LogP contribution in [0.3, 0.4) is 0 Å². The number of nitrogens with one attached hydrogen (secondary N) is 1. The highest BCUT2D eigenvalue weighted by molar-refractivity contribution is 7.98. The second-order valence-corrected chi connectivity index (χ2v) is 8.13. The number of H-pyrrole nitrogens is 1. The summed E-state index contributed by atoms with van der Waals surface area (Å²) in [6.45, 7) is 3.88. The van der Waals surface area contributed by atoms with Gasteiger partial charge in [-0.05, 0) is 30.4 Å². The highest BCUT2D eigenvalue weighted by atomic mass is 32.2. The van der Waals surface area contributed by atoms with Crippen LogP contribution in [0.15, 0.2) is 29.3 Å². The first kappa shape index (κ1) is 20.3. The van der Waals surface area contributed by atoms with E-state index in [4.69, 9.17) is 0 Å². The number of hydrogen-bond acceptors (Lipinski definition) is 6. The maximum atomic E-state index is 12.6. The van der Waals surface area contributed by atoms with Gasteiger partial charge in [0, 0.05) is 43.7 Å². The average Bonchev–Trinajstić information content (AvgIpc) is 3.27. The van der Waals surface area contributed by atoms with Crippen molar-refractivity contribution in [2.24, 2.45) is 0 Å². The van der Waals surface area contributed by atoms with E-state index in [0.29, 0.717) is 26.2 Å². The molecule has 2 aromatic rings. The molecule has 3 heterocycles. The minimum atomic E-state index is -0.452. The molecular formula is C21H24N4O4S. The van der Waals surface area contributed by atoms with E-state index in [2.05, 4.69) is 16.8 Å². The Bertz CT molecular complexity index is 1030. The summed E-state index contributed by atoms with van der Waals surface area (Å²) in [7, 11) is 0. The molecule has 1 saturated heterocycles. The number of phenols is 1. The largest absolute Gasteiger partial charge is 0.506 e. The van der Waals surface area contributed by atoms with Gasteiger partial charge in [0.1, 0.15) is 18.0 Å². The van der Waals surface area contributed by atoms with Crippen molar-refractivity contribution in [2.45, 2.75) is 18.4 Å². The van der Waals surface area contributed by atoms with E-state index < -0.39 is 11.8 Å². The van der Waals surface area contributed by atoms with Crippen molar-refractivity contribution >= 4 is 46.1 Å². The standard InChI is InChI=1S/C21H24N4O4S/c1-3-13-14-4-5-15(26)20(19(14)22-21(13)30-2)24-10-8-23(9-11-24)18(29)12-25-16(27)6-7-17(25)28/h4-7,22,26H,3,8-12H2,1-2H3. The van der Waals surface area contributed by atoms with Crippen LogP contribution in [0.4, 0.5) is 5.69 Å². The summed E-state index contributed by atoms with van der Waals surface area (Å²) in [5, 5.41) is 12.8. The quantitative estimate of drug-likeness (QED) is 0.556. The van der Waals surface area contributed by atoms with Gasteiger partial charge in [-0.3, -0.25) is 19.3 Å². The number of aryl methyl sites for hydroxylation is 1. The third kappa shape index (κ3) is 3.43. The SMILES string of the molecule is CCc1c(SC)[nH]c2c(N3CCN(C(=O)CN4C(=O)C=CC4=O)CC3)c(O)ccc12. The highest BCUT2D eigenvalue weighted by Crippen LogP contribution is 2.40. The van der Waals surface area contributed by atoms with Gasteiger partial charge in [0.2, 0.25) is 5.91 Å². The molecule has 0 spiro atoms. The van der Waals surface area contributed by atoms with E-state index in [-0.39, 0.29) is 18.2 Å². The average molecular weight is 429 g/mol. The van der Waals surface area contributed by atoms with E-state index in [0.717, 1.165) is 32.9 Å². The number of aromatic amines is 1. The number of fused-ring (bicyclic) bond motifs is 1. The Morgan fingerprint density at radius 3 is 2.40 bits per heavy atom. The third-order valence-electron chi connectivity index (χ3n) is 5.69. The first-order chi connectivity index (χ1) is 14.4. The number of nitrogens with zero attached hydrogens (tertiary/aromatic N) is 3. The molecule has 8 nitrogen and oxygen atoms in total. The zero-order valence-corrected chi connectivity index (χ0v) is 17.8. The molecule has 30 heavy (non-hydrogen) atoms. The number of aromatic hydroxyl groups is 1. The number of thioether (sulfide) groups is 1. The molecule has 0 bridgehead atoms. The van der Waals surface area contributed by atoms with Gasteiger partial charge in [-0.15, -0.1) is 11.8 Å². The van der Waals surface area contributed by atoms with Crippen molar-refractivity contribution in [2.75, 3.05) is 43.9 Å². The lowest BCUT2D eigenvalue weighted by Gasteiger charge is -2.37. The number of carbonyl (C=O) groups excluding carboxylic acids is 3. The number of rotatable bonds is 5. The van der Waals surface area contributed by atoms with Crippen LogP contribution in [0.25, 0.3) is 10.9 Å². The van der Waals surface area contributed by atoms with Gasteiger partial charge in [-0.2, -0.15) is 0 Å². The molecule has 158 valence electrons. The Labute approximate surface area is 178 Å². The van der Waals surface area contributed by atoms with Crippen molar-refractivity contribution in [3.05, 3.63) is 29.8 Å². The van der Waals surface area contributed by atoms with Crippen molar-refractivity contribution in [3.8, 4) is 5.75 Å². The van der Waals surface area contributed by atoms with Crippen LogP contribution in [0.5, 0.6) is 5.75 Å². The van der Waals surface area contributed by atoms with Gasteiger partial charge in [0.15, 0.2) is 0 Å². The number of piperazine rings is 1. The number of carbonyl (C=O) groups is 3. The van der Waals surface area contributed by atoms with Gasteiger partial charge in [0.05, 0.1) is 10.5 Å². The Kier molecular flexibility index (Phi) is 5.46. The zero-order chi connectivity index (χ0) is 21.4. The molecule has 3 amide bonds. The van der Waals surface area contributed by atoms with E-state index in [1.807, 2.05) is 12.3 Å². The molecular weight excluding hydrogens is 404 g/mol. The molecule has 2 aliphatic rings. The lowest BCUT2D eigenvalue weighted by atomic mass is 10.1. The molecule has 0 aliphatic carbocycles. The smallest absolute Gasteiger partial charge is 0.254 e. The summed E-state index contributed by atoms with van der Waals surface area (Å²) in [6.07, 6.45) is 5.28. The van der Waals surface area contributed by atoms with E-state index in [9.17, 15) is 19.5 Å². The van der Waals surface area contributed by atoms with Crippen LogP contribution in [0, 0.1) is 0 Å². The zero-order valence-electron chi connectivity index (χ0n) is 17.0. The van der Waals surface area contributed by atoms with Crippen molar-refractivity contribution in [3.63, 3.8) is 0 Å². The van der Waals surface area contributed by atoms with Crippen LogP contribution < -0.4 is 4.90 Å². The lowest BCUT2D eigenvalue weighted by molar-refractivity contribution is -0.144. The second kappa shape index (κ2) is 8.06. The molecule has 2 aliphatic heterocycles. The fourth-order valence-electron chi connectivity index (χ4n) is 4.12. The van der Waals surface area contributed by atoms with E-state index >= 15 is 0 Å². The number of aromatic nitrogens is 1. The topological polar surface area (TPSA) is 97.0 Å². The molecule has 0 unspecified atom stereocenters. The molecule has 4 rings (SSSR count). The lowest BCUT2D eigenvalue weighted by Crippen LogP contribution is -2.52. The minimum Gasteiger partial charge on any atom is -0.506 e. The van der Waals surface area contributed by atoms with Crippen molar-refractivity contribution in [1.82, 2.24) is 14.8 Å². The van der Waals surface area contributed by atoms with Gasteiger partial charge in [-0.25, -0.2) is 0 Å². The van der Waals surface area contributed by atoms with Crippen LogP contribution in [-0.4, -0.2) is 76.6 Å². The van der Waals surface area contributed by atoms with Gasteiger partial charge < -0.3 is 19.9 Å². The summed E-state index contributed by atoms with van der Waals surface area (Å²) in [5.41, 5.74) is 2.90. The first-order valence-corrected chi connectivity index (χ1v) is 11.1. The van der Waals surface area contributed by atoms with Crippen LogP contribution in [0.1, 0.15) is 12.5 Å². The Morgan fingerprint density at radius 2 is 1.80 bits per heavy atom.